The van der Waals surface area contributed by atoms with E-state index < -0.39 is 0 Å². The van der Waals surface area contributed by atoms with Crippen molar-refractivity contribution in [2.24, 2.45) is 5.41 Å². The molecule has 1 amide bonds. The van der Waals surface area contributed by atoms with Crippen molar-refractivity contribution in [3.8, 4) is 0 Å². The first-order chi connectivity index (χ1) is 8.43. The highest BCUT2D eigenvalue weighted by atomic mass is 35.5. The first kappa shape index (κ1) is 13.1. The van der Waals surface area contributed by atoms with Gasteiger partial charge >= 0.3 is 0 Å². The molecule has 0 bridgehead atoms. The fraction of sp³-hybridized carbons (Fsp3) is 0.538. The molecular formula is C13H18ClN3O. The number of halogens is 1. The van der Waals surface area contributed by atoms with Gasteiger partial charge in [-0.05, 0) is 17.9 Å². The maximum Gasteiger partial charge on any atom is 0.255 e. The van der Waals surface area contributed by atoms with Gasteiger partial charge in [0.25, 0.3) is 5.91 Å². The second-order valence-corrected chi connectivity index (χ2v) is 5.85. The Kier molecular flexibility index (Phi) is 3.48. The standard InChI is InChI=1S/C13H18ClN3O/c1-13(2)4-5-17(8-13)12(18)9-6-11(15-3)16-7-10(9)14/h6-7H,4-5,8H2,1-3H3,(H,15,16). The van der Waals surface area contributed by atoms with Crippen LogP contribution < -0.4 is 5.32 Å². The lowest BCUT2D eigenvalue weighted by Crippen LogP contribution is -2.30. The maximum absolute atomic E-state index is 12.4. The van der Waals surface area contributed by atoms with Crippen molar-refractivity contribution in [1.29, 1.82) is 0 Å². The number of carbonyl (C=O) groups is 1. The number of pyridine rings is 1. The number of likely N-dealkylation sites (tertiary alicyclic amines) is 1. The molecule has 1 aromatic heterocycles. The number of nitrogens with one attached hydrogen (secondary N) is 1. The first-order valence-corrected chi connectivity index (χ1v) is 6.43. The van der Waals surface area contributed by atoms with Gasteiger partial charge in [-0.1, -0.05) is 25.4 Å². The minimum Gasteiger partial charge on any atom is -0.373 e. The van der Waals surface area contributed by atoms with Gasteiger partial charge < -0.3 is 10.2 Å². The number of nitrogens with zero attached hydrogens (tertiary/aromatic N) is 2. The van der Waals surface area contributed by atoms with E-state index in [1.54, 1.807) is 13.1 Å². The SMILES string of the molecule is CNc1cc(C(=O)N2CCC(C)(C)C2)c(Cl)cn1. The molecule has 0 aromatic carbocycles. The zero-order valence-electron chi connectivity index (χ0n) is 11.0. The molecule has 0 saturated carbocycles. The molecule has 0 unspecified atom stereocenters. The minimum atomic E-state index is -0.00975. The maximum atomic E-state index is 12.4. The molecule has 1 aliphatic heterocycles. The van der Waals surface area contributed by atoms with Gasteiger partial charge in [-0.25, -0.2) is 4.98 Å². The van der Waals surface area contributed by atoms with E-state index in [-0.39, 0.29) is 11.3 Å². The minimum absolute atomic E-state index is 0.00975. The molecule has 1 aliphatic rings. The number of hydrogen-bond donors (Lipinski definition) is 1. The van der Waals surface area contributed by atoms with Gasteiger partial charge in [0.1, 0.15) is 5.82 Å². The molecule has 0 atom stereocenters. The molecule has 0 radical (unpaired) electrons. The van der Waals surface area contributed by atoms with E-state index in [2.05, 4.69) is 24.1 Å². The molecular weight excluding hydrogens is 250 g/mol. The average molecular weight is 268 g/mol. The molecule has 0 spiro atoms. The third-order valence-corrected chi connectivity index (χ3v) is 3.61. The molecule has 0 aliphatic carbocycles. The van der Waals surface area contributed by atoms with E-state index in [1.807, 2.05) is 4.90 Å². The summed E-state index contributed by atoms with van der Waals surface area (Å²) in [4.78, 5) is 18.4. The van der Waals surface area contributed by atoms with E-state index in [9.17, 15) is 4.79 Å². The molecule has 18 heavy (non-hydrogen) atoms. The summed E-state index contributed by atoms with van der Waals surface area (Å²) >= 11 is 6.06. The Bertz CT molecular complexity index is 473. The quantitative estimate of drug-likeness (QED) is 0.896. The highest BCUT2D eigenvalue weighted by molar-refractivity contribution is 6.33. The van der Waals surface area contributed by atoms with Crippen molar-refractivity contribution in [3.63, 3.8) is 0 Å². The topological polar surface area (TPSA) is 45.2 Å². The number of amides is 1. The molecule has 1 aromatic rings. The Morgan fingerprint density at radius 1 is 1.56 bits per heavy atom. The van der Waals surface area contributed by atoms with Crippen LogP contribution in [0.25, 0.3) is 0 Å². The fourth-order valence-electron chi connectivity index (χ4n) is 2.20. The summed E-state index contributed by atoms with van der Waals surface area (Å²) < 4.78 is 0. The summed E-state index contributed by atoms with van der Waals surface area (Å²) in [6.45, 7) is 5.92. The average Bonchev–Trinajstić information content (AvgIpc) is 2.69. The Morgan fingerprint density at radius 2 is 2.28 bits per heavy atom. The summed E-state index contributed by atoms with van der Waals surface area (Å²) in [6, 6.07) is 1.70. The van der Waals surface area contributed by atoms with Crippen molar-refractivity contribution in [2.75, 3.05) is 25.5 Å². The van der Waals surface area contributed by atoms with Crippen LogP contribution in [0.4, 0.5) is 5.82 Å². The molecule has 1 N–H and O–H groups in total. The van der Waals surface area contributed by atoms with Crippen molar-refractivity contribution in [3.05, 3.63) is 22.8 Å². The van der Waals surface area contributed by atoms with Gasteiger partial charge in [-0.2, -0.15) is 0 Å². The Balaban J connectivity index is 2.24. The predicted octanol–water partition coefficient (Wildman–Crippen LogP) is 2.65. The number of carbonyl (C=O) groups excluding carboxylic acids is 1. The number of rotatable bonds is 2. The van der Waals surface area contributed by atoms with E-state index >= 15 is 0 Å². The second-order valence-electron chi connectivity index (χ2n) is 5.44. The Hall–Kier alpha value is -1.29. The highest BCUT2D eigenvalue weighted by Crippen LogP contribution is 2.31. The van der Waals surface area contributed by atoms with E-state index in [1.165, 1.54) is 6.20 Å². The summed E-state index contributed by atoms with van der Waals surface area (Å²) in [6.07, 6.45) is 2.54. The summed E-state index contributed by atoms with van der Waals surface area (Å²) in [5, 5.41) is 3.32. The van der Waals surface area contributed by atoms with Gasteiger partial charge in [-0.15, -0.1) is 0 Å². The molecule has 2 rings (SSSR count). The predicted molar refractivity (Wildman–Crippen MR) is 73.1 cm³/mol. The van der Waals surface area contributed by atoms with Crippen molar-refractivity contribution >= 4 is 23.3 Å². The van der Waals surface area contributed by atoms with Gasteiger partial charge in [-0.3, -0.25) is 4.79 Å². The van der Waals surface area contributed by atoms with E-state index in [0.717, 1.165) is 19.5 Å². The zero-order chi connectivity index (χ0) is 13.3. The van der Waals surface area contributed by atoms with Crippen LogP contribution in [0.5, 0.6) is 0 Å². The van der Waals surface area contributed by atoms with Crippen molar-refractivity contribution in [1.82, 2.24) is 9.88 Å². The van der Waals surface area contributed by atoms with E-state index in [0.29, 0.717) is 16.4 Å². The van der Waals surface area contributed by atoms with Gasteiger partial charge in [0.05, 0.1) is 10.6 Å². The normalized spacial score (nSPS) is 17.9. The number of hydrogen-bond acceptors (Lipinski definition) is 3. The van der Waals surface area contributed by atoms with Crippen LogP contribution in [-0.2, 0) is 0 Å². The van der Waals surface area contributed by atoms with Crippen LogP contribution >= 0.6 is 11.6 Å². The molecule has 5 heteroatoms. The first-order valence-electron chi connectivity index (χ1n) is 6.05. The molecule has 4 nitrogen and oxygen atoms in total. The lowest BCUT2D eigenvalue weighted by Gasteiger charge is -2.20. The van der Waals surface area contributed by atoms with Crippen LogP contribution in [-0.4, -0.2) is 35.9 Å². The number of aromatic nitrogens is 1. The van der Waals surface area contributed by atoms with Crippen molar-refractivity contribution in [2.45, 2.75) is 20.3 Å². The summed E-state index contributed by atoms with van der Waals surface area (Å²) in [5.41, 5.74) is 0.717. The number of anilines is 1. The Morgan fingerprint density at radius 3 is 2.83 bits per heavy atom. The van der Waals surface area contributed by atoms with Crippen LogP contribution in [0.1, 0.15) is 30.6 Å². The lowest BCUT2D eigenvalue weighted by molar-refractivity contribution is 0.0778. The van der Waals surface area contributed by atoms with Crippen LogP contribution in [0.15, 0.2) is 12.3 Å². The second kappa shape index (κ2) is 4.76. The third kappa shape index (κ3) is 2.58. The largest absolute Gasteiger partial charge is 0.373 e. The highest BCUT2D eigenvalue weighted by Gasteiger charge is 2.33. The molecule has 2 heterocycles. The molecule has 1 fully saturated rings. The van der Waals surface area contributed by atoms with Crippen LogP contribution in [0, 0.1) is 5.41 Å². The summed E-state index contributed by atoms with van der Waals surface area (Å²) in [7, 11) is 1.77. The summed E-state index contributed by atoms with van der Waals surface area (Å²) in [5.74, 6) is 0.644. The smallest absolute Gasteiger partial charge is 0.255 e. The lowest BCUT2D eigenvalue weighted by atomic mass is 9.93. The molecule has 1 saturated heterocycles. The molecule has 98 valence electrons. The van der Waals surface area contributed by atoms with Crippen molar-refractivity contribution < 1.29 is 4.79 Å². The van der Waals surface area contributed by atoms with Crippen LogP contribution in [0.2, 0.25) is 5.02 Å². The van der Waals surface area contributed by atoms with Gasteiger partial charge in [0.15, 0.2) is 0 Å². The van der Waals surface area contributed by atoms with E-state index in [4.69, 9.17) is 11.6 Å². The van der Waals surface area contributed by atoms with Crippen LogP contribution in [0.3, 0.4) is 0 Å². The van der Waals surface area contributed by atoms with Gasteiger partial charge in [0, 0.05) is 26.3 Å². The Labute approximate surface area is 112 Å². The third-order valence-electron chi connectivity index (χ3n) is 3.31. The monoisotopic (exact) mass is 267 g/mol. The zero-order valence-corrected chi connectivity index (χ0v) is 11.7. The van der Waals surface area contributed by atoms with Gasteiger partial charge in [0.2, 0.25) is 0 Å². The fourth-order valence-corrected chi connectivity index (χ4v) is 2.38.